The molecule has 0 unspecified atom stereocenters. The SMILES string of the molecule is Cc1ccc(C)c(CN[C@@H](C)c2ccccn2)c1. The Bertz CT molecular complexity index is 506. The Labute approximate surface area is 109 Å². The molecule has 1 aromatic heterocycles. The summed E-state index contributed by atoms with van der Waals surface area (Å²) in [5.41, 5.74) is 5.09. The Kier molecular flexibility index (Phi) is 4.11. The van der Waals surface area contributed by atoms with Gasteiger partial charge in [0.05, 0.1) is 5.69 Å². The van der Waals surface area contributed by atoms with E-state index in [4.69, 9.17) is 0 Å². The molecule has 2 heteroatoms. The van der Waals surface area contributed by atoms with Gasteiger partial charge in [0.25, 0.3) is 0 Å². The second kappa shape index (κ2) is 5.78. The van der Waals surface area contributed by atoms with E-state index in [-0.39, 0.29) is 6.04 Å². The monoisotopic (exact) mass is 240 g/mol. The zero-order valence-corrected chi connectivity index (χ0v) is 11.3. The van der Waals surface area contributed by atoms with Gasteiger partial charge in [-0.3, -0.25) is 4.98 Å². The number of nitrogens with zero attached hydrogens (tertiary/aromatic N) is 1. The molecule has 0 saturated carbocycles. The molecule has 0 spiro atoms. The first kappa shape index (κ1) is 12.8. The minimum atomic E-state index is 0.270. The number of hydrogen-bond acceptors (Lipinski definition) is 2. The summed E-state index contributed by atoms with van der Waals surface area (Å²) in [7, 11) is 0. The van der Waals surface area contributed by atoms with Crippen LogP contribution in [-0.2, 0) is 6.54 Å². The third-order valence-corrected chi connectivity index (χ3v) is 3.23. The zero-order chi connectivity index (χ0) is 13.0. The van der Waals surface area contributed by atoms with Gasteiger partial charge in [0.2, 0.25) is 0 Å². The minimum absolute atomic E-state index is 0.270. The van der Waals surface area contributed by atoms with Crippen molar-refractivity contribution in [2.75, 3.05) is 0 Å². The fraction of sp³-hybridized carbons (Fsp3) is 0.312. The molecule has 0 saturated heterocycles. The molecule has 2 aromatic rings. The summed E-state index contributed by atoms with van der Waals surface area (Å²) in [6.07, 6.45) is 1.84. The first-order chi connectivity index (χ1) is 8.66. The molecule has 0 bridgehead atoms. The summed E-state index contributed by atoms with van der Waals surface area (Å²) in [5.74, 6) is 0. The highest BCUT2D eigenvalue weighted by atomic mass is 14.9. The minimum Gasteiger partial charge on any atom is -0.305 e. The van der Waals surface area contributed by atoms with Crippen LogP contribution < -0.4 is 5.32 Å². The van der Waals surface area contributed by atoms with Crippen molar-refractivity contribution >= 4 is 0 Å². The summed E-state index contributed by atoms with van der Waals surface area (Å²) >= 11 is 0. The molecule has 2 rings (SSSR count). The van der Waals surface area contributed by atoms with Crippen LogP contribution in [0.15, 0.2) is 42.6 Å². The lowest BCUT2D eigenvalue weighted by atomic mass is 10.1. The molecule has 1 aromatic carbocycles. The third kappa shape index (κ3) is 3.17. The quantitative estimate of drug-likeness (QED) is 0.884. The molecule has 1 N–H and O–H groups in total. The Hall–Kier alpha value is -1.67. The van der Waals surface area contributed by atoms with E-state index in [9.17, 15) is 0 Å². The van der Waals surface area contributed by atoms with Crippen molar-refractivity contribution in [1.29, 1.82) is 0 Å². The molecular weight excluding hydrogens is 220 g/mol. The normalized spacial score (nSPS) is 12.4. The smallest absolute Gasteiger partial charge is 0.0570 e. The average molecular weight is 240 g/mol. The van der Waals surface area contributed by atoms with Gasteiger partial charge in [0.15, 0.2) is 0 Å². The zero-order valence-electron chi connectivity index (χ0n) is 11.3. The van der Waals surface area contributed by atoms with E-state index in [2.05, 4.69) is 55.3 Å². The van der Waals surface area contributed by atoms with E-state index in [1.807, 2.05) is 18.3 Å². The van der Waals surface area contributed by atoms with E-state index in [0.29, 0.717) is 0 Å². The Balaban J connectivity index is 2.01. The lowest BCUT2D eigenvalue weighted by molar-refractivity contribution is 0.560. The number of pyridine rings is 1. The highest BCUT2D eigenvalue weighted by molar-refractivity contribution is 5.30. The van der Waals surface area contributed by atoms with Gasteiger partial charge in [-0.05, 0) is 44.0 Å². The van der Waals surface area contributed by atoms with Gasteiger partial charge < -0.3 is 5.32 Å². The van der Waals surface area contributed by atoms with Crippen LogP contribution in [0.2, 0.25) is 0 Å². The van der Waals surface area contributed by atoms with Gasteiger partial charge in [-0.15, -0.1) is 0 Å². The van der Waals surface area contributed by atoms with Crippen molar-refractivity contribution in [3.63, 3.8) is 0 Å². The number of hydrogen-bond donors (Lipinski definition) is 1. The molecular formula is C16H20N2. The first-order valence-corrected chi connectivity index (χ1v) is 6.37. The summed E-state index contributed by atoms with van der Waals surface area (Å²) in [6.45, 7) is 7.31. The number of nitrogens with one attached hydrogen (secondary N) is 1. The van der Waals surface area contributed by atoms with Gasteiger partial charge in [-0.2, -0.15) is 0 Å². The molecule has 94 valence electrons. The number of benzene rings is 1. The maximum absolute atomic E-state index is 4.37. The van der Waals surface area contributed by atoms with E-state index in [1.165, 1.54) is 16.7 Å². The third-order valence-electron chi connectivity index (χ3n) is 3.23. The molecule has 2 nitrogen and oxygen atoms in total. The van der Waals surface area contributed by atoms with Gasteiger partial charge in [-0.1, -0.05) is 29.8 Å². The summed E-state index contributed by atoms with van der Waals surface area (Å²) in [4.78, 5) is 4.37. The fourth-order valence-corrected chi connectivity index (χ4v) is 1.99. The molecule has 1 atom stereocenters. The maximum Gasteiger partial charge on any atom is 0.0570 e. The van der Waals surface area contributed by atoms with Crippen LogP contribution in [0.5, 0.6) is 0 Å². The first-order valence-electron chi connectivity index (χ1n) is 6.37. The van der Waals surface area contributed by atoms with Crippen molar-refractivity contribution in [2.24, 2.45) is 0 Å². The van der Waals surface area contributed by atoms with Crippen LogP contribution in [0.4, 0.5) is 0 Å². The number of rotatable bonds is 4. The van der Waals surface area contributed by atoms with E-state index in [0.717, 1.165) is 12.2 Å². The standard InChI is InChI=1S/C16H20N2/c1-12-7-8-13(2)15(10-12)11-18-14(3)16-6-4-5-9-17-16/h4-10,14,18H,11H2,1-3H3/t14-/m0/s1. The van der Waals surface area contributed by atoms with Crippen LogP contribution in [0.1, 0.15) is 35.3 Å². The Morgan fingerprint density at radius 2 is 2.00 bits per heavy atom. The Morgan fingerprint density at radius 3 is 2.72 bits per heavy atom. The van der Waals surface area contributed by atoms with Crippen molar-refractivity contribution in [2.45, 2.75) is 33.4 Å². The summed E-state index contributed by atoms with van der Waals surface area (Å²) < 4.78 is 0. The average Bonchev–Trinajstić information content (AvgIpc) is 2.40. The summed E-state index contributed by atoms with van der Waals surface area (Å²) in [6, 6.07) is 12.9. The van der Waals surface area contributed by atoms with Crippen molar-refractivity contribution in [1.82, 2.24) is 10.3 Å². The van der Waals surface area contributed by atoms with Crippen LogP contribution in [0.25, 0.3) is 0 Å². The van der Waals surface area contributed by atoms with Crippen molar-refractivity contribution < 1.29 is 0 Å². The number of aromatic nitrogens is 1. The van der Waals surface area contributed by atoms with Crippen molar-refractivity contribution in [3.05, 3.63) is 65.0 Å². The molecule has 0 radical (unpaired) electrons. The lowest BCUT2D eigenvalue weighted by Gasteiger charge is -2.14. The largest absolute Gasteiger partial charge is 0.305 e. The second-order valence-electron chi connectivity index (χ2n) is 4.79. The molecule has 0 fully saturated rings. The van der Waals surface area contributed by atoms with E-state index in [1.54, 1.807) is 0 Å². The molecule has 1 heterocycles. The molecule has 18 heavy (non-hydrogen) atoms. The predicted octanol–water partition coefficient (Wildman–Crippen LogP) is 3.55. The maximum atomic E-state index is 4.37. The van der Waals surface area contributed by atoms with Crippen LogP contribution >= 0.6 is 0 Å². The van der Waals surface area contributed by atoms with Crippen LogP contribution in [0, 0.1) is 13.8 Å². The van der Waals surface area contributed by atoms with E-state index >= 15 is 0 Å². The van der Waals surface area contributed by atoms with Crippen LogP contribution in [-0.4, -0.2) is 4.98 Å². The Morgan fingerprint density at radius 1 is 1.17 bits per heavy atom. The lowest BCUT2D eigenvalue weighted by Crippen LogP contribution is -2.19. The van der Waals surface area contributed by atoms with Gasteiger partial charge in [0.1, 0.15) is 0 Å². The fourth-order valence-electron chi connectivity index (χ4n) is 1.99. The van der Waals surface area contributed by atoms with E-state index < -0.39 is 0 Å². The van der Waals surface area contributed by atoms with Gasteiger partial charge in [0, 0.05) is 18.8 Å². The van der Waals surface area contributed by atoms with Crippen LogP contribution in [0.3, 0.4) is 0 Å². The molecule has 0 aliphatic rings. The molecule has 0 amide bonds. The van der Waals surface area contributed by atoms with Gasteiger partial charge >= 0.3 is 0 Å². The van der Waals surface area contributed by atoms with Gasteiger partial charge in [-0.25, -0.2) is 0 Å². The molecule has 0 aliphatic carbocycles. The highest BCUT2D eigenvalue weighted by Crippen LogP contribution is 2.13. The molecule has 0 aliphatic heterocycles. The second-order valence-corrected chi connectivity index (χ2v) is 4.79. The topological polar surface area (TPSA) is 24.9 Å². The predicted molar refractivity (Wildman–Crippen MR) is 75.4 cm³/mol. The highest BCUT2D eigenvalue weighted by Gasteiger charge is 2.06. The number of aryl methyl sites for hydroxylation is 2. The van der Waals surface area contributed by atoms with Crippen molar-refractivity contribution in [3.8, 4) is 0 Å². The summed E-state index contributed by atoms with van der Waals surface area (Å²) in [5, 5.41) is 3.52.